The van der Waals surface area contributed by atoms with Gasteiger partial charge in [0.15, 0.2) is 6.61 Å². The monoisotopic (exact) mass is 422 g/mol. The second kappa shape index (κ2) is 10.5. The Bertz CT molecular complexity index is 893. The number of amides is 2. The first kappa shape index (κ1) is 23.0. The van der Waals surface area contributed by atoms with Crippen molar-refractivity contribution in [2.45, 2.75) is 33.2 Å². The Hall–Kier alpha value is -3.30. The van der Waals surface area contributed by atoms with Crippen LogP contribution in [0.4, 0.5) is 14.6 Å². The molecular weight excluding hydrogens is 398 g/mol. The molecule has 1 unspecified atom stereocenters. The van der Waals surface area contributed by atoms with Gasteiger partial charge >= 0.3 is 0 Å². The zero-order valence-electron chi connectivity index (χ0n) is 17.1. The van der Waals surface area contributed by atoms with Crippen LogP contribution in [-0.4, -0.2) is 41.9 Å². The third kappa shape index (κ3) is 6.10. The van der Waals surface area contributed by atoms with Crippen LogP contribution in [0, 0.1) is 5.92 Å². The van der Waals surface area contributed by atoms with Gasteiger partial charge in [0, 0.05) is 23.7 Å². The number of anilines is 1. The lowest BCUT2D eigenvalue weighted by Crippen LogP contribution is -2.29. The number of rotatable bonds is 9. The normalized spacial score (nSPS) is 11.9. The fourth-order valence-corrected chi connectivity index (χ4v) is 2.46. The van der Waals surface area contributed by atoms with E-state index in [0.717, 1.165) is 0 Å². The van der Waals surface area contributed by atoms with Crippen molar-refractivity contribution in [1.82, 2.24) is 15.3 Å². The summed E-state index contributed by atoms with van der Waals surface area (Å²) in [7, 11) is 1.37. The lowest BCUT2D eigenvalue weighted by atomic mass is 10.1. The highest BCUT2D eigenvalue weighted by atomic mass is 19.3. The molecule has 0 aliphatic rings. The molecule has 0 saturated carbocycles. The van der Waals surface area contributed by atoms with Crippen LogP contribution in [0.25, 0.3) is 0 Å². The van der Waals surface area contributed by atoms with Crippen LogP contribution in [0.1, 0.15) is 42.7 Å². The number of hydrogen-bond acceptors (Lipinski definition) is 6. The molecule has 0 bridgehead atoms. The predicted octanol–water partition coefficient (Wildman–Crippen LogP) is 3.21. The number of hydrogen-bond donors (Lipinski definition) is 2. The van der Waals surface area contributed by atoms with Crippen LogP contribution in [-0.2, 0) is 4.79 Å². The van der Waals surface area contributed by atoms with Crippen LogP contribution >= 0.6 is 0 Å². The van der Waals surface area contributed by atoms with E-state index in [1.54, 1.807) is 39.0 Å². The second-order valence-electron chi connectivity index (χ2n) is 6.69. The van der Waals surface area contributed by atoms with E-state index >= 15 is 0 Å². The zero-order valence-corrected chi connectivity index (χ0v) is 17.1. The van der Waals surface area contributed by atoms with Gasteiger partial charge in [-0.25, -0.2) is 13.8 Å². The molecule has 10 heteroatoms. The minimum absolute atomic E-state index is 0.0135. The Labute approximate surface area is 173 Å². The Balaban J connectivity index is 2.17. The summed E-state index contributed by atoms with van der Waals surface area (Å²) in [4.78, 5) is 32.9. The topological polar surface area (TPSA) is 102 Å². The third-order valence-corrected chi connectivity index (χ3v) is 4.05. The van der Waals surface area contributed by atoms with Gasteiger partial charge in [-0.05, 0) is 25.1 Å². The highest BCUT2D eigenvalue weighted by Gasteiger charge is 2.21. The summed E-state index contributed by atoms with van der Waals surface area (Å²) in [6, 6.07) is 5.57. The Morgan fingerprint density at radius 2 is 1.90 bits per heavy atom. The number of methoxy groups -OCH3 is 1. The zero-order chi connectivity index (χ0) is 22.3. The minimum Gasteiger partial charge on any atom is -0.481 e. The second-order valence-corrected chi connectivity index (χ2v) is 6.69. The van der Waals surface area contributed by atoms with Crippen LogP contribution in [0.15, 0.2) is 30.5 Å². The standard InChI is InChI=1S/C20H24F2N4O4/c1-11(2)18(27)26-17-14(6-5-9-23-17)19(28)24-12(3)13-7-8-16(25-20(13)29-4)30-10-15(21)22/h5-9,11-12,15H,10H2,1-4H3,(H,24,28)(H,23,26,27). The summed E-state index contributed by atoms with van der Waals surface area (Å²) in [6.07, 6.45) is -1.15. The van der Waals surface area contributed by atoms with E-state index in [2.05, 4.69) is 20.6 Å². The van der Waals surface area contributed by atoms with Gasteiger partial charge in [-0.3, -0.25) is 9.59 Å². The van der Waals surface area contributed by atoms with Crippen molar-refractivity contribution in [2.24, 2.45) is 5.92 Å². The molecule has 30 heavy (non-hydrogen) atoms. The van der Waals surface area contributed by atoms with Gasteiger partial charge in [0.25, 0.3) is 12.3 Å². The molecule has 1 atom stereocenters. The van der Waals surface area contributed by atoms with Gasteiger partial charge in [0.05, 0.1) is 18.7 Å². The van der Waals surface area contributed by atoms with Gasteiger partial charge in [0.2, 0.25) is 17.7 Å². The van der Waals surface area contributed by atoms with E-state index in [1.807, 2.05) is 0 Å². The fraction of sp³-hybridized carbons (Fsp3) is 0.400. The summed E-state index contributed by atoms with van der Waals surface area (Å²) < 4.78 is 34.7. The van der Waals surface area contributed by atoms with Crippen molar-refractivity contribution in [3.8, 4) is 11.8 Å². The predicted molar refractivity (Wildman–Crippen MR) is 106 cm³/mol. The molecule has 0 spiro atoms. The summed E-state index contributed by atoms with van der Waals surface area (Å²) in [6.45, 7) is 4.38. The summed E-state index contributed by atoms with van der Waals surface area (Å²) in [5, 5.41) is 5.42. The first-order valence-electron chi connectivity index (χ1n) is 9.25. The van der Waals surface area contributed by atoms with E-state index < -0.39 is 25.0 Å². The highest BCUT2D eigenvalue weighted by molar-refractivity contribution is 6.03. The van der Waals surface area contributed by atoms with Crippen molar-refractivity contribution < 1.29 is 27.8 Å². The SMILES string of the molecule is COc1nc(OCC(F)F)ccc1C(C)NC(=O)c1cccnc1NC(=O)C(C)C. The van der Waals surface area contributed by atoms with E-state index in [9.17, 15) is 18.4 Å². The van der Waals surface area contributed by atoms with Crippen molar-refractivity contribution in [1.29, 1.82) is 0 Å². The molecule has 2 N–H and O–H groups in total. The van der Waals surface area contributed by atoms with Gasteiger partial charge < -0.3 is 20.1 Å². The lowest BCUT2D eigenvalue weighted by Gasteiger charge is -2.18. The third-order valence-electron chi connectivity index (χ3n) is 4.05. The number of ether oxygens (including phenoxy) is 2. The molecule has 162 valence electrons. The van der Waals surface area contributed by atoms with Gasteiger partial charge in [-0.15, -0.1) is 0 Å². The Morgan fingerprint density at radius 1 is 1.17 bits per heavy atom. The Kier molecular flexibility index (Phi) is 8.02. The lowest BCUT2D eigenvalue weighted by molar-refractivity contribution is -0.118. The number of alkyl halides is 2. The Morgan fingerprint density at radius 3 is 2.53 bits per heavy atom. The first-order valence-corrected chi connectivity index (χ1v) is 9.25. The van der Waals surface area contributed by atoms with Crippen LogP contribution in [0.3, 0.4) is 0 Å². The largest absolute Gasteiger partial charge is 0.481 e. The van der Waals surface area contributed by atoms with E-state index in [4.69, 9.17) is 9.47 Å². The number of nitrogens with one attached hydrogen (secondary N) is 2. The van der Waals surface area contributed by atoms with Crippen LogP contribution < -0.4 is 20.1 Å². The van der Waals surface area contributed by atoms with Crippen molar-refractivity contribution >= 4 is 17.6 Å². The van der Waals surface area contributed by atoms with E-state index in [1.165, 1.54) is 19.4 Å². The molecular formula is C20H24F2N4O4. The number of nitrogens with zero attached hydrogens (tertiary/aromatic N) is 2. The van der Waals surface area contributed by atoms with Crippen LogP contribution in [0.5, 0.6) is 11.8 Å². The molecule has 2 aromatic rings. The van der Waals surface area contributed by atoms with Gasteiger partial charge in [-0.1, -0.05) is 13.8 Å². The molecule has 0 aromatic carbocycles. The number of halogens is 2. The average molecular weight is 422 g/mol. The first-order chi connectivity index (χ1) is 14.2. The molecule has 0 fully saturated rings. The summed E-state index contributed by atoms with van der Waals surface area (Å²) >= 11 is 0. The van der Waals surface area contributed by atoms with Gasteiger partial charge in [-0.2, -0.15) is 4.98 Å². The number of carbonyl (C=O) groups excluding carboxylic acids is 2. The van der Waals surface area contributed by atoms with Crippen molar-refractivity contribution in [3.05, 3.63) is 41.6 Å². The molecule has 0 saturated heterocycles. The molecule has 8 nitrogen and oxygen atoms in total. The number of carbonyl (C=O) groups is 2. The van der Waals surface area contributed by atoms with Crippen LogP contribution in [0.2, 0.25) is 0 Å². The number of aromatic nitrogens is 2. The summed E-state index contributed by atoms with van der Waals surface area (Å²) in [5.74, 6) is -0.727. The molecule has 2 amide bonds. The number of pyridine rings is 2. The quantitative estimate of drug-likeness (QED) is 0.643. The molecule has 2 heterocycles. The van der Waals surface area contributed by atoms with E-state index in [0.29, 0.717) is 5.56 Å². The maximum Gasteiger partial charge on any atom is 0.272 e. The van der Waals surface area contributed by atoms with Gasteiger partial charge in [0.1, 0.15) is 5.82 Å². The highest BCUT2D eigenvalue weighted by Crippen LogP contribution is 2.26. The fourth-order valence-electron chi connectivity index (χ4n) is 2.46. The molecule has 2 aromatic heterocycles. The average Bonchev–Trinajstić information content (AvgIpc) is 2.72. The maximum atomic E-state index is 12.8. The summed E-state index contributed by atoms with van der Waals surface area (Å²) in [5.41, 5.74) is 0.717. The maximum absolute atomic E-state index is 12.8. The van der Waals surface area contributed by atoms with Crippen molar-refractivity contribution in [3.63, 3.8) is 0 Å². The smallest absolute Gasteiger partial charge is 0.272 e. The van der Waals surface area contributed by atoms with Crippen molar-refractivity contribution in [2.75, 3.05) is 19.0 Å². The molecule has 0 aliphatic carbocycles. The molecule has 2 rings (SSSR count). The minimum atomic E-state index is -2.62. The van der Waals surface area contributed by atoms with E-state index in [-0.39, 0.29) is 35.0 Å². The molecule has 0 radical (unpaired) electrons. The molecule has 0 aliphatic heterocycles.